The lowest BCUT2D eigenvalue weighted by Crippen LogP contribution is -2.45. The molecule has 0 bridgehead atoms. The standard InChI is InChI=1S/C21H33N3O3S/c1-22-28(26,27)16-18-7-5-17(6-8-18)15-23-20(25)24-19-9-13-21(14-10-19)11-3-2-4-12-21/h5-8,19,22H,2-4,9-16H2,1H3,(H2,23,24,25). The number of nitrogens with one attached hydrogen (secondary N) is 3. The molecule has 2 fully saturated rings. The van der Waals surface area contributed by atoms with Crippen LogP contribution in [0, 0.1) is 5.41 Å². The van der Waals surface area contributed by atoms with E-state index in [1.165, 1.54) is 52.0 Å². The Morgan fingerprint density at radius 1 is 1.00 bits per heavy atom. The molecule has 0 saturated heterocycles. The minimum absolute atomic E-state index is 0.0408. The molecule has 2 saturated carbocycles. The number of rotatable bonds is 6. The SMILES string of the molecule is CNS(=O)(=O)Cc1ccc(CNC(=O)NC2CCC3(CCCCC3)CC2)cc1. The van der Waals surface area contributed by atoms with E-state index in [-0.39, 0.29) is 17.8 Å². The van der Waals surface area contributed by atoms with Gasteiger partial charge in [-0.25, -0.2) is 17.9 Å². The molecule has 28 heavy (non-hydrogen) atoms. The summed E-state index contributed by atoms with van der Waals surface area (Å²) in [5.41, 5.74) is 2.24. The molecule has 0 aromatic heterocycles. The molecule has 3 rings (SSSR count). The van der Waals surface area contributed by atoms with Crippen LogP contribution in [0.3, 0.4) is 0 Å². The Bertz CT molecular complexity index is 746. The molecule has 2 amide bonds. The molecule has 2 aliphatic carbocycles. The van der Waals surface area contributed by atoms with Crippen LogP contribution in [-0.4, -0.2) is 27.5 Å². The van der Waals surface area contributed by atoms with Crippen LogP contribution >= 0.6 is 0 Å². The van der Waals surface area contributed by atoms with Crippen molar-refractivity contribution in [2.75, 3.05) is 7.05 Å². The molecule has 2 aliphatic rings. The molecule has 0 heterocycles. The van der Waals surface area contributed by atoms with Crippen LogP contribution in [0.25, 0.3) is 0 Å². The summed E-state index contributed by atoms with van der Waals surface area (Å²) >= 11 is 0. The van der Waals surface area contributed by atoms with Crippen LogP contribution < -0.4 is 15.4 Å². The van der Waals surface area contributed by atoms with Gasteiger partial charge in [0, 0.05) is 12.6 Å². The van der Waals surface area contributed by atoms with Crippen LogP contribution in [0.4, 0.5) is 4.79 Å². The summed E-state index contributed by atoms with van der Waals surface area (Å²) in [7, 11) is -1.86. The lowest BCUT2D eigenvalue weighted by molar-refractivity contribution is 0.108. The van der Waals surface area contributed by atoms with Gasteiger partial charge in [0.15, 0.2) is 0 Å². The maximum Gasteiger partial charge on any atom is 0.315 e. The van der Waals surface area contributed by atoms with E-state index in [2.05, 4.69) is 15.4 Å². The highest BCUT2D eigenvalue weighted by Gasteiger charge is 2.36. The first-order valence-electron chi connectivity index (χ1n) is 10.4. The Balaban J connectivity index is 1.40. The summed E-state index contributed by atoms with van der Waals surface area (Å²) in [6, 6.07) is 7.44. The Kier molecular flexibility index (Phi) is 6.99. The fourth-order valence-corrected chi connectivity index (χ4v) is 5.42. The molecule has 3 N–H and O–H groups in total. The summed E-state index contributed by atoms with van der Waals surface area (Å²) in [5, 5.41) is 6.04. The van der Waals surface area contributed by atoms with Crippen molar-refractivity contribution in [1.82, 2.24) is 15.4 Å². The van der Waals surface area contributed by atoms with Gasteiger partial charge in [0.05, 0.1) is 5.75 Å². The highest BCUT2D eigenvalue weighted by Crippen LogP contribution is 2.47. The minimum atomic E-state index is -3.27. The van der Waals surface area contributed by atoms with Crippen LogP contribution in [0.15, 0.2) is 24.3 Å². The quantitative estimate of drug-likeness (QED) is 0.675. The van der Waals surface area contributed by atoms with Gasteiger partial charge in [-0.3, -0.25) is 0 Å². The zero-order valence-electron chi connectivity index (χ0n) is 16.8. The van der Waals surface area contributed by atoms with Gasteiger partial charge in [0.1, 0.15) is 0 Å². The maximum atomic E-state index is 12.2. The summed E-state index contributed by atoms with van der Waals surface area (Å²) in [4.78, 5) is 12.2. The van der Waals surface area contributed by atoms with Crippen molar-refractivity contribution in [2.24, 2.45) is 5.41 Å². The number of benzene rings is 1. The van der Waals surface area contributed by atoms with Gasteiger partial charge in [-0.2, -0.15) is 0 Å². The molecule has 0 unspecified atom stereocenters. The van der Waals surface area contributed by atoms with Gasteiger partial charge >= 0.3 is 6.03 Å². The average molecular weight is 408 g/mol. The first-order chi connectivity index (χ1) is 13.4. The maximum absolute atomic E-state index is 12.2. The molecular formula is C21H33N3O3S. The van der Waals surface area contributed by atoms with Crippen molar-refractivity contribution in [3.05, 3.63) is 35.4 Å². The van der Waals surface area contributed by atoms with E-state index in [1.54, 1.807) is 12.1 Å². The van der Waals surface area contributed by atoms with Crippen molar-refractivity contribution in [1.29, 1.82) is 0 Å². The lowest BCUT2D eigenvalue weighted by atomic mass is 9.64. The summed E-state index contributed by atoms with van der Waals surface area (Å²) in [6.45, 7) is 0.432. The third-order valence-corrected chi connectivity index (χ3v) is 7.77. The number of carbonyl (C=O) groups is 1. The fraction of sp³-hybridized carbons (Fsp3) is 0.667. The number of sulfonamides is 1. The van der Waals surface area contributed by atoms with Crippen molar-refractivity contribution in [3.8, 4) is 0 Å². The van der Waals surface area contributed by atoms with Crippen LogP contribution in [0.2, 0.25) is 0 Å². The molecule has 7 heteroatoms. The third-order valence-electron chi connectivity index (χ3n) is 6.44. The number of carbonyl (C=O) groups excluding carboxylic acids is 1. The van der Waals surface area contributed by atoms with Crippen molar-refractivity contribution in [3.63, 3.8) is 0 Å². The first kappa shape index (κ1) is 21.1. The third kappa shape index (κ3) is 5.95. The van der Waals surface area contributed by atoms with E-state index in [4.69, 9.17) is 0 Å². The van der Waals surface area contributed by atoms with Crippen LogP contribution in [-0.2, 0) is 22.3 Å². The van der Waals surface area contributed by atoms with Gasteiger partial charge in [0.2, 0.25) is 10.0 Å². The van der Waals surface area contributed by atoms with E-state index >= 15 is 0 Å². The molecule has 0 radical (unpaired) electrons. The Morgan fingerprint density at radius 2 is 1.61 bits per heavy atom. The van der Waals surface area contributed by atoms with Crippen molar-refractivity contribution in [2.45, 2.75) is 76.1 Å². The van der Waals surface area contributed by atoms with Crippen LogP contribution in [0.5, 0.6) is 0 Å². The zero-order chi connectivity index (χ0) is 20.0. The molecular weight excluding hydrogens is 374 g/mol. The Morgan fingerprint density at radius 3 is 2.21 bits per heavy atom. The summed E-state index contributed by atoms with van der Waals surface area (Å²) < 4.78 is 25.5. The second-order valence-electron chi connectivity index (χ2n) is 8.44. The highest BCUT2D eigenvalue weighted by molar-refractivity contribution is 7.88. The number of hydrogen-bond acceptors (Lipinski definition) is 3. The van der Waals surface area contributed by atoms with E-state index in [1.807, 2.05) is 12.1 Å². The molecule has 0 aliphatic heterocycles. The fourth-order valence-electron chi connectivity index (χ4n) is 4.64. The van der Waals surface area contributed by atoms with Gasteiger partial charge < -0.3 is 10.6 Å². The summed E-state index contributed by atoms with van der Waals surface area (Å²) in [5.74, 6) is -0.0408. The normalized spacial score (nSPS) is 20.0. The number of urea groups is 1. The zero-order valence-corrected chi connectivity index (χ0v) is 17.6. The summed E-state index contributed by atoms with van der Waals surface area (Å²) in [6.07, 6.45) is 11.5. The number of amides is 2. The van der Waals surface area contributed by atoms with Gasteiger partial charge in [-0.05, 0) is 62.1 Å². The molecule has 1 aromatic rings. The average Bonchev–Trinajstić information content (AvgIpc) is 2.70. The van der Waals surface area contributed by atoms with E-state index in [0.29, 0.717) is 12.0 Å². The second-order valence-corrected chi connectivity index (χ2v) is 10.4. The Labute approximate surface area is 168 Å². The van der Waals surface area contributed by atoms with Gasteiger partial charge in [-0.15, -0.1) is 0 Å². The number of hydrogen-bond donors (Lipinski definition) is 3. The molecule has 1 spiro atoms. The van der Waals surface area contributed by atoms with Gasteiger partial charge in [-0.1, -0.05) is 43.5 Å². The predicted octanol–water partition coefficient (Wildman–Crippen LogP) is 3.43. The lowest BCUT2D eigenvalue weighted by Gasteiger charge is -2.43. The largest absolute Gasteiger partial charge is 0.335 e. The molecule has 0 atom stereocenters. The van der Waals surface area contributed by atoms with Gasteiger partial charge in [0.25, 0.3) is 0 Å². The smallest absolute Gasteiger partial charge is 0.315 e. The monoisotopic (exact) mass is 407 g/mol. The second kappa shape index (κ2) is 9.27. The molecule has 1 aromatic carbocycles. The van der Waals surface area contributed by atoms with Crippen molar-refractivity contribution >= 4 is 16.1 Å². The Hall–Kier alpha value is -1.60. The van der Waals surface area contributed by atoms with Crippen LogP contribution in [0.1, 0.15) is 68.9 Å². The predicted molar refractivity (Wildman–Crippen MR) is 111 cm³/mol. The van der Waals surface area contributed by atoms with E-state index in [0.717, 1.165) is 24.0 Å². The minimum Gasteiger partial charge on any atom is -0.335 e. The topological polar surface area (TPSA) is 87.3 Å². The highest BCUT2D eigenvalue weighted by atomic mass is 32.2. The van der Waals surface area contributed by atoms with E-state index in [9.17, 15) is 13.2 Å². The first-order valence-corrected chi connectivity index (χ1v) is 12.1. The van der Waals surface area contributed by atoms with E-state index < -0.39 is 10.0 Å². The molecule has 6 nitrogen and oxygen atoms in total. The molecule has 156 valence electrons. The van der Waals surface area contributed by atoms with Crippen molar-refractivity contribution < 1.29 is 13.2 Å².